The van der Waals surface area contributed by atoms with E-state index < -0.39 is 0 Å². The van der Waals surface area contributed by atoms with E-state index in [2.05, 4.69) is 15.3 Å². The summed E-state index contributed by atoms with van der Waals surface area (Å²) in [7, 11) is 1.64. The Hall–Kier alpha value is -2.82. The van der Waals surface area contributed by atoms with Crippen LogP contribution >= 0.6 is 0 Å². The third kappa shape index (κ3) is 3.25. The SMILES string of the molecule is COc1cccc(CCC(=O)Nc2ccc3nc[nH]c3c2)c1. The molecule has 0 spiro atoms. The average molecular weight is 295 g/mol. The van der Waals surface area contributed by atoms with Crippen molar-refractivity contribution in [3.05, 3.63) is 54.4 Å². The Balaban J connectivity index is 1.59. The normalized spacial score (nSPS) is 10.6. The van der Waals surface area contributed by atoms with Crippen LogP contribution < -0.4 is 10.1 Å². The van der Waals surface area contributed by atoms with Crippen molar-refractivity contribution in [3.8, 4) is 5.75 Å². The number of anilines is 1. The van der Waals surface area contributed by atoms with Gasteiger partial charge in [0.05, 0.1) is 24.5 Å². The second-order valence-electron chi connectivity index (χ2n) is 5.03. The first-order chi connectivity index (χ1) is 10.7. The third-order valence-electron chi connectivity index (χ3n) is 3.48. The van der Waals surface area contributed by atoms with Crippen molar-refractivity contribution in [2.45, 2.75) is 12.8 Å². The van der Waals surface area contributed by atoms with E-state index in [1.165, 1.54) is 0 Å². The second-order valence-corrected chi connectivity index (χ2v) is 5.03. The minimum atomic E-state index is -0.0123. The summed E-state index contributed by atoms with van der Waals surface area (Å²) >= 11 is 0. The molecule has 0 aliphatic carbocycles. The molecule has 3 rings (SSSR count). The molecule has 0 unspecified atom stereocenters. The topological polar surface area (TPSA) is 67.0 Å². The van der Waals surface area contributed by atoms with Crippen molar-refractivity contribution in [3.63, 3.8) is 0 Å². The number of nitrogens with zero attached hydrogens (tertiary/aromatic N) is 1. The maximum Gasteiger partial charge on any atom is 0.224 e. The summed E-state index contributed by atoms with van der Waals surface area (Å²) in [6.07, 6.45) is 2.74. The van der Waals surface area contributed by atoms with E-state index in [1.807, 2.05) is 42.5 Å². The van der Waals surface area contributed by atoms with Gasteiger partial charge in [0.15, 0.2) is 0 Å². The van der Waals surface area contributed by atoms with E-state index in [0.717, 1.165) is 28.0 Å². The number of amides is 1. The van der Waals surface area contributed by atoms with Crippen LogP contribution in [-0.4, -0.2) is 23.0 Å². The number of carbonyl (C=O) groups excluding carboxylic acids is 1. The predicted molar refractivity (Wildman–Crippen MR) is 86.0 cm³/mol. The van der Waals surface area contributed by atoms with Crippen LogP contribution in [0.4, 0.5) is 5.69 Å². The second kappa shape index (κ2) is 6.30. The zero-order valence-electron chi connectivity index (χ0n) is 12.3. The lowest BCUT2D eigenvalue weighted by atomic mass is 10.1. The molecule has 0 bridgehead atoms. The Labute approximate surface area is 128 Å². The van der Waals surface area contributed by atoms with Crippen molar-refractivity contribution in [1.29, 1.82) is 0 Å². The molecule has 0 atom stereocenters. The van der Waals surface area contributed by atoms with E-state index in [0.29, 0.717) is 12.8 Å². The van der Waals surface area contributed by atoms with Crippen LogP contribution in [0.5, 0.6) is 5.75 Å². The molecule has 0 aliphatic rings. The van der Waals surface area contributed by atoms with E-state index in [-0.39, 0.29) is 5.91 Å². The highest BCUT2D eigenvalue weighted by molar-refractivity contribution is 5.93. The number of H-pyrrole nitrogens is 1. The van der Waals surface area contributed by atoms with E-state index in [4.69, 9.17) is 4.74 Å². The number of imidazole rings is 1. The fraction of sp³-hybridized carbons (Fsp3) is 0.176. The maximum absolute atomic E-state index is 12.0. The number of methoxy groups -OCH3 is 1. The fourth-order valence-corrected chi connectivity index (χ4v) is 2.32. The highest BCUT2D eigenvalue weighted by Crippen LogP contribution is 2.17. The zero-order chi connectivity index (χ0) is 15.4. The Morgan fingerprint density at radius 2 is 2.18 bits per heavy atom. The number of carbonyl (C=O) groups is 1. The van der Waals surface area contributed by atoms with Crippen molar-refractivity contribution < 1.29 is 9.53 Å². The predicted octanol–water partition coefficient (Wildman–Crippen LogP) is 3.14. The number of aromatic amines is 1. The quantitative estimate of drug-likeness (QED) is 0.760. The minimum absolute atomic E-state index is 0.0123. The summed E-state index contributed by atoms with van der Waals surface area (Å²) in [5, 5.41) is 2.90. The molecule has 0 aliphatic heterocycles. The van der Waals surface area contributed by atoms with Gasteiger partial charge in [-0.05, 0) is 42.3 Å². The summed E-state index contributed by atoms with van der Waals surface area (Å²) in [6, 6.07) is 13.4. The zero-order valence-corrected chi connectivity index (χ0v) is 12.3. The van der Waals surface area contributed by atoms with Crippen molar-refractivity contribution >= 4 is 22.6 Å². The van der Waals surface area contributed by atoms with Gasteiger partial charge in [-0.1, -0.05) is 12.1 Å². The molecule has 112 valence electrons. The van der Waals surface area contributed by atoms with Crippen LogP contribution in [0.1, 0.15) is 12.0 Å². The number of ether oxygens (including phenoxy) is 1. The molecular formula is C17H17N3O2. The van der Waals surface area contributed by atoms with Gasteiger partial charge < -0.3 is 15.0 Å². The highest BCUT2D eigenvalue weighted by Gasteiger charge is 2.05. The fourth-order valence-electron chi connectivity index (χ4n) is 2.32. The Kier molecular flexibility index (Phi) is 4.05. The van der Waals surface area contributed by atoms with Crippen molar-refractivity contribution in [1.82, 2.24) is 9.97 Å². The molecule has 5 nitrogen and oxygen atoms in total. The smallest absolute Gasteiger partial charge is 0.224 e. The number of fused-ring (bicyclic) bond motifs is 1. The van der Waals surface area contributed by atoms with Gasteiger partial charge in [0.2, 0.25) is 5.91 Å². The van der Waals surface area contributed by atoms with Crippen LogP contribution in [0.3, 0.4) is 0 Å². The lowest BCUT2D eigenvalue weighted by Crippen LogP contribution is -2.12. The highest BCUT2D eigenvalue weighted by atomic mass is 16.5. The molecule has 1 amide bonds. The number of benzene rings is 2. The molecule has 0 fully saturated rings. The average Bonchev–Trinajstić information content (AvgIpc) is 3.01. The molecule has 5 heteroatoms. The number of aromatic nitrogens is 2. The van der Waals surface area contributed by atoms with Crippen LogP contribution in [0.25, 0.3) is 11.0 Å². The molecular weight excluding hydrogens is 278 g/mol. The maximum atomic E-state index is 12.0. The minimum Gasteiger partial charge on any atom is -0.497 e. The van der Waals surface area contributed by atoms with Gasteiger partial charge >= 0.3 is 0 Å². The number of aryl methyl sites for hydroxylation is 1. The Morgan fingerprint density at radius 3 is 3.05 bits per heavy atom. The van der Waals surface area contributed by atoms with Gasteiger partial charge in [-0.25, -0.2) is 4.98 Å². The van der Waals surface area contributed by atoms with Gasteiger partial charge in [0.25, 0.3) is 0 Å². The summed E-state index contributed by atoms with van der Waals surface area (Å²) in [5.41, 5.74) is 3.64. The Bertz CT molecular complexity index is 795. The van der Waals surface area contributed by atoms with E-state index in [9.17, 15) is 4.79 Å². The van der Waals surface area contributed by atoms with Gasteiger partial charge in [-0.2, -0.15) is 0 Å². The summed E-state index contributed by atoms with van der Waals surface area (Å²) < 4.78 is 5.18. The molecule has 0 saturated carbocycles. The van der Waals surface area contributed by atoms with Crippen LogP contribution in [0, 0.1) is 0 Å². The first kappa shape index (κ1) is 14.1. The van der Waals surface area contributed by atoms with Gasteiger partial charge in [0.1, 0.15) is 5.75 Å². The van der Waals surface area contributed by atoms with Crippen LogP contribution in [0.15, 0.2) is 48.8 Å². The molecule has 22 heavy (non-hydrogen) atoms. The first-order valence-electron chi connectivity index (χ1n) is 7.10. The van der Waals surface area contributed by atoms with Gasteiger partial charge in [0, 0.05) is 12.1 Å². The molecule has 0 saturated heterocycles. The number of nitrogens with one attached hydrogen (secondary N) is 2. The molecule has 2 N–H and O–H groups in total. The summed E-state index contributed by atoms with van der Waals surface area (Å²) in [6.45, 7) is 0. The molecule has 2 aromatic carbocycles. The molecule has 1 aromatic heterocycles. The lowest BCUT2D eigenvalue weighted by Gasteiger charge is -2.06. The van der Waals surface area contributed by atoms with E-state index in [1.54, 1.807) is 13.4 Å². The number of hydrogen-bond donors (Lipinski definition) is 2. The largest absolute Gasteiger partial charge is 0.497 e. The van der Waals surface area contributed by atoms with Gasteiger partial charge in [-0.15, -0.1) is 0 Å². The molecule has 1 heterocycles. The molecule has 3 aromatic rings. The standard InChI is InChI=1S/C17H17N3O2/c1-22-14-4-2-3-12(9-14)5-8-17(21)20-13-6-7-15-16(10-13)19-11-18-15/h2-4,6-7,9-11H,5,8H2,1H3,(H,18,19)(H,20,21). The van der Waals surface area contributed by atoms with Crippen molar-refractivity contribution in [2.75, 3.05) is 12.4 Å². The number of hydrogen-bond acceptors (Lipinski definition) is 3. The Morgan fingerprint density at radius 1 is 1.27 bits per heavy atom. The molecule has 0 radical (unpaired) electrons. The lowest BCUT2D eigenvalue weighted by molar-refractivity contribution is -0.116. The summed E-state index contributed by atoms with van der Waals surface area (Å²) in [4.78, 5) is 19.2. The van der Waals surface area contributed by atoms with Crippen molar-refractivity contribution in [2.24, 2.45) is 0 Å². The van der Waals surface area contributed by atoms with Crippen LogP contribution in [-0.2, 0) is 11.2 Å². The summed E-state index contributed by atoms with van der Waals surface area (Å²) in [5.74, 6) is 0.796. The monoisotopic (exact) mass is 295 g/mol. The number of rotatable bonds is 5. The third-order valence-corrected chi connectivity index (χ3v) is 3.48. The first-order valence-corrected chi connectivity index (χ1v) is 7.10. The van der Waals surface area contributed by atoms with Crippen LogP contribution in [0.2, 0.25) is 0 Å². The van der Waals surface area contributed by atoms with Gasteiger partial charge in [-0.3, -0.25) is 4.79 Å². The van der Waals surface area contributed by atoms with E-state index >= 15 is 0 Å².